The molecule has 0 radical (unpaired) electrons. The molecule has 0 fully saturated rings. The molecule has 1 nitrogen and oxygen atoms in total. The van der Waals surface area contributed by atoms with Crippen LogP contribution in [-0.2, 0) is 12.3 Å². The molecule has 0 saturated carbocycles. The maximum atomic E-state index is 13.5. The smallest absolute Gasteiger partial charge is 0.130 e. The maximum absolute atomic E-state index is 13.5. The average molecular weight is 279 g/mol. The first-order valence-electron chi connectivity index (χ1n) is 5.99. The van der Waals surface area contributed by atoms with Gasteiger partial charge in [0.25, 0.3) is 0 Å². The zero-order valence-electron chi connectivity index (χ0n) is 10.6. The van der Waals surface area contributed by atoms with Gasteiger partial charge in [-0.2, -0.15) is 0 Å². The van der Waals surface area contributed by atoms with Crippen LogP contribution >= 0.6 is 11.8 Å². The van der Waals surface area contributed by atoms with Crippen molar-refractivity contribution < 1.29 is 8.78 Å². The predicted molar refractivity (Wildman–Crippen MR) is 75.1 cm³/mol. The lowest BCUT2D eigenvalue weighted by Crippen LogP contribution is -2.04. The van der Waals surface area contributed by atoms with Gasteiger partial charge in [-0.05, 0) is 36.4 Å². The van der Waals surface area contributed by atoms with Crippen molar-refractivity contribution in [1.29, 1.82) is 0 Å². The third-order valence-electron chi connectivity index (χ3n) is 2.69. The quantitative estimate of drug-likeness (QED) is 0.831. The Morgan fingerprint density at radius 3 is 2.68 bits per heavy atom. The Kier molecular flexibility index (Phi) is 4.93. The summed E-state index contributed by atoms with van der Waals surface area (Å²) >= 11 is 1.54. The number of hydrogen-bond donors (Lipinski definition) is 1. The Morgan fingerprint density at radius 1 is 1.11 bits per heavy atom. The molecule has 0 bridgehead atoms. The van der Waals surface area contributed by atoms with Crippen LogP contribution in [0.15, 0.2) is 47.4 Å². The molecule has 4 heteroatoms. The molecule has 0 aliphatic heterocycles. The number of rotatable bonds is 5. The molecule has 0 atom stereocenters. The van der Waals surface area contributed by atoms with Crippen molar-refractivity contribution in [2.75, 3.05) is 7.05 Å². The molecule has 0 unspecified atom stereocenters. The van der Waals surface area contributed by atoms with Crippen molar-refractivity contribution in [2.45, 2.75) is 17.2 Å². The van der Waals surface area contributed by atoms with Crippen molar-refractivity contribution in [1.82, 2.24) is 5.32 Å². The van der Waals surface area contributed by atoms with E-state index < -0.39 is 11.6 Å². The van der Waals surface area contributed by atoms with Crippen LogP contribution in [0, 0.1) is 11.6 Å². The minimum atomic E-state index is -0.540. The number of thioether (sulfide) groups is 1. The molecule has 2 aromatic carbocycles. The fraction of sp³-hybridized carbons (Fsp3) is 0.200. The molecule has 0 aliphatic rings. The molecule has 2 aromatic rings. The highest BCUT2D eigenvalue weighted by Gasteiger charge is 2.04. The molecule has 100 valence electrons. The highest BCUT2D eigenvalue weighted by Crippen LogP contribution is 2.25. The molecule has 19 heavy (non-hydrogen) atoms. The van der Waals surface area contributed by atoms with Gasteiger partial charge in [-0.1, -0.05) is 18.2 Å². The largest absolute Gasteiger partial charge is 0.316 e. The van der Waals surface area contributed by atoms with E-state index in [1.54, 1.807) is 11.8 Å². The molecule has 0 aromatic heterocycles. The Morgan fingerprint density at radius 2 is 1.95 bits per heavy atom. The van der Waals surface area contributed by atoms with Gasteiger partial charge in [0.15, 0.2) is 0 Å². The second-order valence-corrected chi connectivity index (χ2v) is 5.25. The Bertz CT molecular complexity index is 558. The molecule has 1 N–H and O–H groups in total. The minimum Gasteiger partial charge on any atom is -0.316 e. The molecule has 0 saturated heterocycles. The molecule has 0 amide bonds. The molecular weight excluding hydrogens is 264 g/mol. The summed E-state index contributed by atoms with van der Waals surface area (Å²) in [6.45, 7) is 0.805. The van der Waals surface area contributed by atoms with Gasteiger partial charge >= 0.3 is 0 Å². The third-order valence-corrected chi connectivity index (χ3v) is 3.73. The van der Waals surface area contributed by atoms with Gasteiger partial charge in [0, 0.05) is 23.3 Å². The first kappa shape index (κ1) is 14.0. The van der Waals surface area contributed by atoms with Crippen LogP contribution in [0.25, 0.3) is 0 Å². The van der Waals surface area contributed by atoms with Gasteiger partial charge in [0.1, 0.15) is 11.6 Å². The lowest BCUT2D eigenvalue weighted by atomic mass is 10.2. The minimum absolute atomic E-state index is 0.487. The Labute approximate surface area is 116 Å². The normalized spacial score (nSPS) is 10.7. The highest BCUT2D eigenvalue weighted by molar-refractivity contribution is 7.98. The van der Waals surface area contributed by atoms with Crippen LogP contribution in [-0.4, -0.2) is 7.05 Å². The van der Waals surface area contributed by atoms with Crippen LogP contribution in [0.5, 0.6) is 0 Å². The van der Waals surface area contributed by atoms with Crippen molar-refractivity contribution in [2.24, 2.45) is 0 Å². The van der Waals surface area contributed by atoms with Crippen molar-refractivity contribution in [3.8, 4) is 0 Å². The highest BCUT2D eigenvalue weighted by atomic mass is 32.2. The van der Waals surface area contributed by atoms with Gasteiger partial charge in [0.05, 0.1) is 0 Å². The summed E-state index contributed by atoms with van der Waals surface area (Å²) in [5.74, 6) is -0.532. The summed E-state index contributed by atoms with van der Waals surface area (Å²) in [6.07, 6.45) is 0. The van der Waals surface area contributed by atoms with Crippen molar-refractivity contribution >= 4 is 11.8 Å². The van der Waals surface area contributed by atoms with Crippen LogP contribution in [0.3, 0.4) is 0 Å². The summed E-state index contributed by atoms with van der Waals surface area (Å²) in [5, 5.41) is 3.09. The van der Waals surface area contributed by atoms with Crippen LogP contribution < -0.4 is 5.32 Å². The monoisotopic (exact) mass is 279 g/mol. The summed E-state index contributed by atoms with van der Waals surface area (Å²) in [7, 11) is 1.90. The first-order valence-corrected chi connectivity index (χ1v) is 6.98. The standard InChI is InChI=1S/C15H15F2NS/c1-18-9-11-3-2-4-14(7-11)19-10-12-5-6-13(16)8-15(12)17/h2-8,18H,9-10H2,1H3. The van der Waals surface area contributed by atoms with E-state index in [4.69, 9.17) is 0 Å². The maximum Gasteiger partial charge on any atom is 0.130 e. The van der Waals surface area contributed by atoms with Crippen LogP contribution in [0.2, 0.25) is 0 Å². The van der Waals surface area contributed by atoms with Crippen LogP contribution in [0.1, 0.15) is 11.1 Å². The molecule has 0 aliphatic carbocycles. The zero-order valence-corrected chi connectivity index (χ0v) is 11.4. The topological polar surface area (TPSA) is 12.0 Å². The van der Waals surface area contributed by atoms with E-state index in [9.17, 15) is 8.78 Å². The number of benzene rings is 2. The summed E-state index contributed by atoms with van der Waals surface area (Å²) in [6, 6.07) is 11.8. The zero-order chi connectivity index (χ0) is 13.7. The number of halogens is 2. The average Bonchev–Trinajstić information content (AvgIpc) is 2.38. The second kappa shape index (κ2) is 6.68. The predicted octanol–water partition coefficient (Wildman–Crippen LogP) is 3.98. The fourth-order valence-electron chi connectivity index (χ4n) is 1.75. The van der Waals surface area contributed by atoms with E-state index in [1.807, 2.05) is 25.2 Å². The van der Waals surface area contributed by atoms with Gasteiger partial charge in [-0.3, -0.25) is 0 Å². The molecular formula is C15H15F2NS. The second-order valence-electron chi connectivity index (χ2n) is 4.20. The van der Waals surface area contributed by atoms with E-state index in [0.29, 0.717) is 11.3 Å². The molecule has 2 rings (SSSR count). The number of nitrogens with one attached hydrogen (secondary N) is 1. The van der Waals surface area contributed by atoms with E-state index in [1.165, 1.54) is 17.7 Å². The lowest BCUT2D eigenvalue weighted by molar-refractivity contribution is 0.576. The summed E-state index contributed by atoms with van der Waals surface area (Å²) < 4.78 is 26.3. The van der Waals surface area contributed by atoms with Crippen LogP contribution in [0.4, 0.5) is 8.78 Å². The number of hydrogen-bond acceptors (Lipinski definition) is 2. The molecule has 0 heterocycles. The first-order chi connectivity index (χ1) is 9.19. The van der Waals surface area contributed by atoms with Gasteiger partial charge in [-0.25, -0.2) is 8.78 Å². The summed E-state index contributed by atoms with van der Waals surface area (Å²) in [4.78, 5) is 1.08. The SMILES string of the molecule is CNCc1cccc(SCc2ccc(F)cc2F)c1. The van der Waals surface area contributed by atoms with Gasteiger partial charge in [0.2, 0.25) is 0 Å². The fourth-order valence-corrected chi connectivity index (χ4v) is 2.71. The van der Waals surface area contributed by atoms with Gasteiger partial charge in [-0.15, -0.1) is 11.8 Å². The summed E-state index contributed by atoms with van der Waals surface area (Å²) in [5.41, 5.74) is 1.71. The van der Waals surface area contributed by atoms with E-state index >= 15 is 0 Å². The van der Waals surface area contributed by atoms with Crippen molar-refractivity contribution in [3.05, 3.63) is 65.2 Å². The van der Waals surface area contributed by atoms with Crippen molar-refractivity contribution in [3.63, 3.8) is 0 Å². The Hall–Kier alpha value is -1.39. The van der Waals surface area contributed by atoms with E-state index in [-0.39, 0.29) is 0 Å². The lowest BCUT2D eigenvalue weighted by Gasteiger charge is -2.06. The Balaban J connectivity index is 2.03. The van der Waals surface area contributed by atoms with E-state index in [2.05, 4.69) is 11.4 Å². The molecule has 0 spiro atoms. The third kappa shape index (κ3) is 4.04. The van der Waals surface area contributed by atoms with E-state index in [0.717, 1.165) is 17.5 Å². The van der Waals surface area contributed by atoms with Gasteiger partial charge < -0.3 is 5.32 Å².